The van der Waals surface area contributed by atoms with Crippen LogP contribution in [0.2, 0.25) is 0 Å². The maximum Gasteiger partial charge on any atom is 0.168 e. The molecule has 0 saturated heterocycles. The Morgan fingerprint density at radius 3 is 2.34 bits per heavy atom. The average Bonchev–Trinajstić information content (AvgIpc) is 3.23. The number of para-hydroxylation sites is 1. The van der Waals surface area contributed by atoms with Gasteiger partial charge in [-0.3, -0.25) is 4.79 Å². The van der Waals surface area contributed by atoms with Crippen molar-refractivity contribution in [3.8, 4) is 0 Å². The van der Waals surface area contributed by atoms with Gasteiger partial charge in [-0.25, -0.2) is 0 Å². The smallest absolute Gasteiger partial charge is 0.168 e. The number of allylic oxidation sites excluding steroid dienone is 1. The molecule has 2 nitrogen and oxygen atoms in total. The number of carbonyl (C=O) groups excluding carboxylic acids is 1. The Morgan fingerprint density at radius 1 is 0.931 bits per heavy atom. The molecular weight excluding hydrogens is 354 g/mol. The van der Waals surface area contributed by atoms with Crippen molar-refractivity contribution < 1.29 is 4.79 Å². The highest BCUT2D eigenvalue weighted by Crippen LogP contribution is 2.56. The first-order valence-electron chi connectivity index (χ1n) is 10.4. The minimum atomic E-state index is -0.100. The summed E-state index contributed by atoms with van der Waals surface area (Å²) in [5.74, 6) is 0.500. The highest BCUT2D eigenvalue weighted by molar-refractivity contribution is 5.99. The fourth-order valence-electron chi connectivity index (χ4n) is 5.31. The van der Waals surface area contributed by atoms with Crippen molar-refractivity contribution in [2.24, 2.45) is 11.8 Å². The second-order valence-corrected chi connectivity index (χ2v) is 8.40. The molecule has 0 aromatic heterocycles. The number of carbonyl (C=O) groups is 1. The Balaban J connectivity index is 1.54. The van der Waals surface area contributed by atoms with Crippen LogP contribution in [-0.4, -0.2) is 11.8 Å². The van der Waals surface area contributed by atoms with Gasteiger partial charge in [0.15, 0.2) is 5.78 Å². The molecule has 0 radical (unpaired) electrons. The van der Waals surface area contributed by atoms with Crippen LogP contribution >= 0.6 is 0 Å². The van der Waals surface area contributed by atoms with Crippen molar-refractivity contribution in [2.45, 2.75) is 24.8 Å². The van der Waals surface area contributed by atoms with Gasteiger partial charge >= 0.3 is 0 Å². The first-order chi connectivity index (χ1) is 14.2. The van der Waals surface area contributed by atoms with Crippen LogP contribution in [-0.2, 0) is 5.41 Å². The van der Waals surface area contributed by atoms with E-state index in [1.165, 1.54) is 16.8 Å². The predicted octanol–water partition coefficient (Wildman–Crippen LogP) is 5.97. The Labute approximate surface area is 172 Å². The molecule has 2 aliphatic rings. The lowest BCUT2D eigenvalue weighted by atomic mass is 9.72. The van der Waals surface area contributed by atoms with E-state index in [0.29, 0.717) is 5.92 Å². The number of ketones is 1. The highest BCUT2D eigenvalue weighted by Gasteiger charge is 2.58. The van der Waals surface area contributed by atoms with E-state index in [1.54, 1.807) is 0 Å². The fraction of sp³-hybridized carbons (Fsp3) is 0.222. The van der Waals surface area contributed by atoms with Gasteiger partial charge in [0.1, 0.15) is 0 Å². The Morgan fingerprint density at radius 2 is 1.59 bits per heavy atom. The van der Waals surface area contributed by atoms with Crippen molar-refractivity contribution in [3.05, 3.63) is 108 Å². The highest BCUT2D eigenvalue weighted by atomic mass is 16.1. The molecule has 0 spiro atoms. The molecule has 1 fully saturated rings. The maximum atomic E-state index is 13.4. The van der Waals surface area contributed by atoms with E-state index in [0.717, 1.165) is 12.0 Å². The van der Waals surface area contributed by atoms with Gasteiger partial charge in [0, 0.05) is 28.6 Å². The molecule has 2 heteroatoms. The van der Waals surface area contributed by atoms with E-state index in [2.05, 4.69) is 72.9 Å². The van der Waals surface area contributed by atoms with Gasteiger partial charge in [-0.2, -0.15) is 0 Å². The third-order valence-corrected chi connectivity index (χ3v) is 6.86. The van der Waals surface area contributed by atoms with E-state index in [-0.39, 0.29) is 23.2 Å². The van der Waals surface area contributed by atoms with Gasteiger partial charge < -0.3 is 5.32 Å². The van der Waals surface area contributed by atoms with Crippen molar-refractivity contribution in [1.82, 2.24) is 0 Å². The Kier molecular flexibility index (Phi) is 4.35. The first-order valence-corrected chi connectivity index (χ1v) is 10.4. The molecule has 1 saturated carbocycles. The molecule has 0 amide bonds. The van der Waals surface area contributed by atoms with Crippen LogP contribution in [0.25, 0.3) is 6.08 Å². The molecule has 0 unspecified atom stereocenters. The van der Waals surface area contributed by atoms with E-state index < -0.39 is 0 Å². The number of Topliss-reactive ketones (excluding diaryl/α,β-unsaturated/α-hetero) is 1. The minimum Gasteiger partial charge on any atom is -0.380 e. The predicted molar refractivity (Wildman–Crippen MR) is 119 cm³/mol. The number of hydrogen-bond donors (Lipinski definition) is 1. The normalized spacial score (nSPS) is 27.4. The summed E-state index contributed by atoms with van der Waals surface area (Å²) in [6, 6.07) is 28.8. The summed E-state index contributed by atoms with van der Waals surface area (Å²) in [6.07, 6.45) is 5.40. The summed E-state index contributed by atoms with van der Waals surface area (Å²) >= 11 is 0. The Hall–Kier alpha value is -3.13. The van der Waals surface area contributed by atoms with Crippen molar-refractivity contribution in [3.63, 3.8) is 0 Å². The number of rotatable bonds is 4. The maximum absolute atomic E-state index is 13.4. The molecule has 0 bridgehead atoms. The second-order valence-electron chi connectivity index (χ2n) is 8.40. The lowest BCUT2D eigenvalue weighted by Gasteiger charge is -2.31. The van der Waals surface area contributed by atoms with Gasteiger partial charge in [0.25, 0.3) is 0 Å². The zero-order chi connectivity index (χ0) is 19.8. The summed E-state index contributed by atoms with van der Waals surface area (Å²) in [4.78, 5) is 13.4. The van der Waals surface area contributed by atoms with Gasteiger partial charge in [-0.05, 0) is 29.5 Å². The third-order valence-electron chi connectivity index (χ3n) is 6.86. The lowest BCUT2D eigenvalue weighted by molar-refractivity contribution is 0.0912. The monoisotopic (exact) mass is 379 g/mol. The summed E-state index contributed by atoms with van der Waals surface area (Å²) in [5, 5.41) is 3.71. The average molecular weight is 380 g/mol. The standard InChI is InChI=1S/C27H25NO/c1-27-21(17-16-19-10-4-2-5-11-19)18-22(25(29)20-12-6-3-7-13-20)26(27)28-24-15-9-8-14-23(24)27/h2-17,21-22,26,28H,18H2,1H3/b17-16+/t21-,22-,26+,27+/m1/s1. The number of hydrogen-bond acceptors (Lipinski definition) is 2. The minimum absolute atomic E-state index is 0.0415. The van der Waals surface area contributed by atoms with Crippen molar-refractivity contribution in [1.29, 1.82) is 0 Å². The zero-order valence-electron chi connectivity index (χ0n) is 16.6. The van der Waals surface area contributed by atoms with E-state index in [9.17, 15) is 4.79 Å². The largest absolute Gasteiger partial charge is 0.380 e. The van der Waals surface area contributed by atoms with Crippen LogP contribution in [0.1, 0.15) is 34.8 Å². The summed E-state index contributed by atoms with van der Waals surface area (Å²) in [7, 11) is 0. The number of benzene rings is 3. The fourth-order valence-corrected chi connectivity index (χ4v) is 5.31. The molecule has 144 valence electrons. The van der Waals surface area contributed by atoms with Crippen LogP contribution in [0.3, 0.4) is 0 Å². The van der Waals surface area contributed by atoms with E-state index in [1.807, 2.05) is 36.4 Å². The van der Waals surface area contributed by atoms with Gasteiger partial charge in [-0.15, -0.1) is 0 Å². The van der Waals surface area contributed by atoms with Gasteiger partial charge in [0.2, 0.25) is 0 Å². The number of anilines is 1. The quantitative estimate of drug-likeness (QED) is 0.566. The summed E-state index contributed by atoms with van der Waals surface area (Å²) in [6.45, 7) is 2.33. The van der Waals surface area contributed by atoms with Crippen LogP contribution in [0.15, 0.2) is 91.0 Å². The lowest BCUT2D eigenvalue weighted by Crippen LogP contribution is -2.40. The molecule has 1 aliphatic carbocycles. The molecule has 4 atom stereocenters. The van der Waals surface area contributed by atoms with Crippen LogP contribution in [0, 0.1) is 11.8 Å². The van der Waals surface area contributed by atoms with Crippen molar-refractivity contribution in [2.75, 3.05) is 5.32 Å². The van der Waals surface area contributed by atoms with Crippen LogP contribution < -0.4 is 5.32 Å². The summed E-state index contributed by atoms with van der Waals surface area (Å²) < 4.78 is 0. The molecule has 1 N–H and O–H groups in total. The second kappa shape index (κ2) is 7.04. The Bertz CT molecular complexity index is 1060. The zero-order valence-corrected chi connectivity index (χ0v) is 16.6. The van der Waals surface area contributed by atoms with Crippen LogP contribution in [0.4, 0.5) is 5.69 Å². The molecule has 1 aliphatic heterocycles. The van der Waals surface area contributed by atoms with Gasteiger partial charge in [-0.1, -0.05) is 97.9 Å². The first kappa shape index (κ1) is 17.9. The third kappa shape index (κ3) is 2.91. The van der Waals surface area contributed by atoms with Gasteiger partial charge in [0.05, 0.1) is 0 Å². The number of nitrogens with one attached hydrogen (secondary N) is 1. The SMILES string of the molecule is C[C@]12c3ccccc3N[C@H]1[C@@H](C(=O)c1ccccc1)C[C@H]2/C=C/c1ccccc1. The van der Waals surface area contributed by atoms with Crippen LogP contribution in [0.5, 0.6) is 0 Å². The molecule has 1 heterocycles. The van der Waals surface area contributed by atoms with E-state index in [4.69, 9.17) is 0 Å². The molecule has 3 aromatic carbocycles. The summed E-state index contributed by atoms with van der Waals surface area (Å²) in [5.41, 5.74) is 4.41. The molecule has 3 aromatic rings. The van der Waals surface area contributed by atoms with Crippen molar-refractivity contribution >= 4 is 17.5 Å². The van der Waals surface area contributed by atoms with E-state index >= 15 is 0 Å². The topological polar surface area (TPSA) is 29.1 Å². The molecule has 29 heavy (non-hydrogen) atoms. The molecular formula is C27H25NO. The molecule has 5 rings (SSSR count). The number of fused-ring (bicyclic) bond motifs is 3.